The molecule has 0 aromatic carbocycles. The van der Waals surface area contributed by atoms with Crippen molar-refractivity contribution in [3.8, 4) is 0 Å². The Bertz CT molecular complexity index is 137. The molecule has 1 aliphatic rings. The molecule has 1 fully saturated rings. The highest BCUT2D eigenvalue weighted by Crippen LogP contribution is 2.43. The van der Waals surface area contributed by atoms with E-state index in [1.165, 1.54) is 32.1 Å². The summed E-state index contributed by atoms with van der Waals surface area (Å²) in [6.45, 7) is 9.49. The molecule has 0 aromatic heterocycles. The van der Waals surface area contributed by atoms with Crippen LogP contribution in [0.2, 0.25) is 0 Å². The summed E-state index contributed by atoms with van der Waals surface area (Å²) in [5, 5.41) is 0. The zero-order valence-electron chi connectivity index (χ0n) is 9.84. The lowest BCUT2D eigenvalue weighted by Gasteiger charge is -2.16. The van der Waals surface area contributed by atoms with Gasteiger partial charge in [-0.2, -0.15) is 0 Å². The fraction of sp³-hybridized carbons (Fsp3) is 1.00. The van der Waals surface area contributed by atoms with E-state index in [1.54, 1.807) is 0 Å². The van der Waals surface area contributed by atoms with Crippen molar-refractivity contribution < 1.29 is 0 Å². The van der Waals surface area contributed by atoms with Crippen LogP contribution in [0.3, 0.4) is 0 Å². The van der Waals surface area contributed by atoms with Crippen LogP contribution in [0.25, 0.3) is 0 Å². The Labute approximate surface area is 84.1 Å². The standard InChI is InChI=1S/C13H26/c1-5-7-12-9-13(10(3)4)8-11(12)6-2/h10-13H,5-9H2,1-4H3. The predicted molar refractivity (Wildman–Crippen MR) is 59.7 cm³/mol. The zero-order valence-corrected chi connectivity index (χ0v) is 9.84. The zero-order chi connectivity index (χ0) is 9.84. The third-order valence-corrected chi connectivity index (χ3v) is 4.00. The van der Waals surface area contributed by atoms with E-state index >= 15 is 0 Å². The second-order valence-corrected chi connectivity index (χ2v) is 5.19. The normalized spacial score (nSPS) is 34.4. The van der Waals surface area contributed by atoms with E-state index in [1.807, 2.05) is 0 Å². The minimum absolute atomic E-state index is 0.913. The molecule has 0 amide bonds. The first kappa shape index (κ1) is 11.1. The Morgan fingerprint density at radius 3 is 2.15 bits per heavy atom. The van der Waals surface area contributed by atoms with Gasteiger partial charge in [-0.3, -0.25) is 0 Å². The first-order chi connectivity index (χ1) is 6.19. The summed E-state index contributed by atoms with van der Waals surface area (Å²) in [6.07, 6.45) is 7.30. The molecule has 0 nitrogen and oxygen atoms in total. The third kappa shape index (κ3) is 2.72. The summed E-state index contributed by atoms with van der Waals surface area (Å²) in [5.41, 5.74) is 0. The van der Waals surface area contributed by atoms with E-state index in [4.69, 9.17) is 0 Å². The van der Waals surface area contributed by atoms with Crippen LogP contribution < -0.4 is 0 Å². The van der Waals surface area contributed by atoms with Gasteiger partial charge >= 0.3 is 0 Å². The molecule has 0 aliphatic heterocycles. The van der Waals surface area contributed by atoms with Crippen LogP contribution in [0.15, 0.2) is 0 Å². The van der Waals surface area contributed by atoms with Crippen molar-refractivity contribution in [1.29, 1.82) is 0 Å². The van der Waals surface area contributed by atoms with Crippen LogP contribution in [0.4, 0.5) is 0 Å². The molecule has 0 heteroatoms. The summed E-state index contributed by atoms with van der Waals surface area (Å²) >= 11 is 0. The molecule has 0 bridgehead atoms. The number of hydrogen-bond donors (Lipinski definition) is 0. The number of hydrogen-bond acceptors (Lipinski definition) is 0. The van der Waals surface area contributed by atoms with Gasteiger partial charge in [0.15, 0.2) is 0 Å². The van der Waals surface area contributed by atoms with Crippen LogP contribution in [0, 0.1) is 23.7 Å². The molecule has 0 N–H and O–H groups in total. The van der Waals surface area contributed by atoms with Gasteiger partial charge in [-0.1, -0.05) is 47.0 Å². The van der Waals surface area contributed by atoms with E-state index < -0.39 is 0 Å². The molecule has 0 heterocycles. The molecular formula is C13H26. The molecule has 3 unspecified atom stereocenters. The van der Waals surface area contributed by atoms with Crippen molar-refractivity contribution in [2.45, 2.75) is 59.8 Å². The molecule has 0 aromatic rings. The van der Waals surface area contributed by atoms with Gasteiger partial charge in [0.1, 0.15) is 0 Å². The lowest BCUT2D eigenvalue weighted by molar-refractivity contribution is 0.352. The van der Waals surface area contributed by atoms with Crippen LogP contribution in [-0.2, 0) is 0 Å². The van der Waals surface area contributed by atoms with Gasteiger partial charge in [0, 0.05) is 0 Å². The van der Waals surface area contributed by atoms with Gasteiger partial charge in [-0.25, -0.2) is 0 Å². The molecule has 1 rings (SSSR count). The summed E-state index contributed by atoms with van der Waals surface area (Å²) < 4.78 is 0. The fourth-order valence-electron chi connectivity index (χ4n) is 3.03. The third-order valence-electron chi connectivity index (χ3n) is 4.00. The second kappa shape index (κ2) is 5.02. The largest absolute Gasteiger partial charge is 0.0654 e. The van der Waals surface area contributed by atoms with Crippen LogP contribution in [-0.4, -0.2) is 0 Å². The molecule has 78 valence electrons. The van der Waals surface area contributed by atoms with Gasteiger partial charge in [0.05, 0.1) is 0 Å². The van der Waals surface area contributed by atoms with E-state index in [9.17, 15) is 0 Å². The average Bonchev–Trinajstić information content (AvgIpc) is 2.48. The lowest BCUT2D eigenvalue weighted by Crippen LogP contribution is -2.05. The topological polar surface area (TPSA) is 0 Å². The minimum Gasteiger partial charge on any atom is -0.0654 e. The average molecular weight is 182 g/mol. The predicted octanol–water partition coefficient (Wildman–Crippen LogP) is 4.49. The van der Waals surface area contributed by atoms with E-state index in [-0.39, 0.29) is 0 Å². The maximum Gasteiger partial charge on any atom is -0.0383 e. The first-order valence-electron chi connectivity index (χ1n) is 6.19. The summed E-state index contributed by atoms with van der Waals surface area (Å²) in [7, 11) is 0. The highest BCUT2D eigenvalue weighted by atomic mass is 14.4. The lowest BCUT2D eigenvalue weighted by atomic mass is 9.90. The Balaban J connectivity index is 2.45. The van der Waals surface area contributed by atoms with Crippen molar-refractivity contribution in [3.63, 3.8) is 0 Å². The molecule has 1 saturated carbocycles. The maximum absolute atomic E-state index is 2.39. The fourth-order valence-corrected chi connectivity index (χ4v) is 3.03. The molecule has 0 saturated heterocycles. The summed E-state index contributed by atoms with van der Waals surface area (Å²) in [6, 6.07) is 0. The van der Waals surface area contributed by atoms with E-state index in [2.05, 4.69) is 27.7 Å². The van der Waals surface area contributed by atoms with E-state index in [0.29, 0.717) is 0 Å². The van der Waals surface area contributed by atoms with Crippen molar-refractivity contribution in [2.75, 3.05) is 0 Å². The quantitative estimate of drug-likeness (QED) is 0.600. The van der Waals surface area contributed by atoms with Gasteiger partial charge in [0.25, 0.3) is 0 Å². The van der Waals surface area contributed by atoms with Crippen LogP contribution >= 0.6 is 0 Å². The van der Waals surface area contributed by atoms with Crippen molar-refractivity contribution >= 4 is 0 Å². The van der Waals surface area contributed by atoms with E-state index in [0.717, 1.165) is 23.7 Å². The monoisotopic (exact) mass is 182 g/mol. The van der Waals surface area contributed by atoms with Gasteiger partial charge in [-0.05, 0) is 36.5 Å². The van der Waals surface area contributed by atoms with Gasteiger partial charge in [0.2, 0.25) is 0 Å². The summed E-state index contributed by atoms with van der Waals surface area (Å²) in [5.74, 6) is 4.05. The molecule has 1 aliphatic carbocycles. The Morgan fingerprint density at radius 2 is 1.69 bits per heavy atom. The first-order valence-corrected chi connectivity index (χ1v) is 6.19. The molecular weight excluding hydrogens is 156 g/mol. The molecule has 13 heavy (non-hydrogen) atoms. The Hall–Kier alpha value is 0. The van der Waals surface area contributed by atoms with Crippen molar-refractivity contribution in [3.05, 3.63) is 0 Å². The highest BCUT2D eigenvalue weighted by Gasteiger charge is 2.33. The molecule has 3 atom stereocenters. The Morgan fingerprint density at radius 1 is 1.08 bits per heavy atom. The van der Waals surface area contributed by atoms with Crippen LogP contribution in [0.5, 0.6) is 0 Å². The van der Waals surface area contributed by atoms with Crippen molar-refractivity contribution in [1.82, 2.24) is 0 Å². The minimum atomic E-state index is 0.913. The van der Waals surface area contributed by atoms with Gasteiger partial charge in [-0.15, -0.1) is 0 Å². The van der Waals surface area contributed by atoms with Crippen LogP contribution in [0.1, 0.15) is 59.8 Å². The molecule has 0 radical (unpaired) electrons. The second-order valence-electron chi connectivity index (χ2n) is 5.19. The highest BCUT2D eigenvalue weighted by molar-refractivity contribution is 4.83. The summed E-state index contributed by atoms with van der Waals surface area (Å²) in [4.78, 5) is 0. The van der Waals surface area contributed by atoms with Gasteiger partial charge < -0.3 is 0 Å². The maximum atomic E-state index is 2.39. The number of rotatable bonds is 4. The Kier molecular flexibility index (Phi) is 4.28. The smallest absolute Gasteiger partial charge is 0.0383 e. The SMILES string of the molecule is CCCC1CC(C(C)C)CC1CC. The molecule has 0 spiro atoms. The van der Waals surface area contributed by atoms with Crippen molar-refractivity contribution in [2.24, 2.45) is 23.7 Å².